The standard InChI is InChI=1S/C10H6F3NO3/c11-10(12,13)7-3-1-2-5(6(7)4-14)8(15)9(16)17/h1-3,8,15H,(H,16,17). The molecule has 0 heterocycles. The number of alkyl halides is 3. The number of aliphatic hydroxyl groups is 1. The van der Waals surface area contributed by atoms with Crippen LogP contribution in [0, 0.1) is 11.3 Å². The van der Waals surface area contributed by atoms with Crippen LogP contribution in [0.15, 0.2) is 18.2 Å². The van der Waals surface area contributed by atoms with E-state index in [-0.39, 0.29) is 0 Å². The van der Waals surface area contributed by atoms with Gasteiger partial charge in [-0.15, -0.1) is 0 Å². The average molecular weight is 245 g/mol. The quantitative estimate of drug-likeness (QED) is 0.830. The van der Waals surface area contributed by atoms with E-state index in [0.717, 1.165) is 12.1 Å². The molecule has 0 bridgehead atoms. The van der Waals surface area contributed by atoms with Crippen molar-refractivity contribution in [2.45, 2.75) is 12.3 Å². The number of halogens is 3. The monoisotopic (exact) mass is 245 g/mol. The van der Waals surface area contributed by atoms with Gasteiger partial charge < -0.3 is 10.2 Å². The summed E-state index contributed by atoms with van der Waals surface area (Å²) in [5.41, 5.74) is -2.72. The number of aliphatic hydroxyl groups excluding tert-OH is 1. The molecule has 0 radical (unpaired) electrons. The maximum Gasteiger partial charge on any atom is 0.417 e. The molecule has 0 aliphatic rings. The van der Waals surface area contributed by atoms with Crippen LogP contribution in [0.25, 0.3) is 0 Å². The van der Waals surface area contributed by atoms with E-state index in [0.29, 0.717) is 6.07 Å². The molecule has 4 nitrogen and oxygen atoms in total. The second kappa shape index (κ2) is 4.43. The summed E-state index contributed by atoms with van der Waals surface area (Å²) < 4.78 is 37.5. The molecule has 1 aromatic carbocycles. The number of carbonyl (C=O) groups is 1. The van der Waals surface area contributed by atoms with Gasteiger partial charge in [0.15, 0.2) is 6.10 Å². The first-order valence-electron chi connectivity index (χ1n) is 4.30. The first-order chi connectivity index (χ1) is 7.79. The summed E-state index contributed by atoms with van der Waals surface area (Å²) in [5, 5.41) is 26.3. The van der Waals surface area contributed by atoms with Crippen LogP contribution < -0.4 is 0 Å². The number of carboxylic acid groups (broad SMARTS) is 1. The molecular formula is C10H6F3NO3. The molecule has 0 saturated heterocycles. The predicted molar refractivity (Wildman–Crippen MR) is 48.8 cm³/mol. The van der Waals surface area contributed by atoms with Gasteiger partial charge in [0.2, 0.25) is 0 Å². The second-order valence-electron chi connectivity index (χ2n) is 3.12. The minimum Gasteiger partial charge on any atom is -0.479 e. The molecule has 2 N–H and O–H groups in total. The summed E-state index contributed by atoms with van der Waals surface area (Å²) in [6.45, 7) is 0. The van der Waals surface area contributed by atoms with Gasteiger partial charge in [0, 0.05) is 5.56 Å². The van der Waals surface area contributed by atoms with Gasteiger partial charge in [0.25, 0.3) is 0 Å². The van der Waals surface area contributed by atoms with Crippen LogP contribution in [-0.2, 0) is 11.0 Å². The van der Waals surface area contributed by atoms with Crippen LogP contribution in [0.5, 0.6) is 0 Å². The lowest BCUT2D eigenvalue weighted by molar-refractivity contribution is -0.147. The van der Waals surface area contributed by atoms with E-state index < -0.39 is 34.9 Å². The van der Waals surface area contributed by atoms with E-state index in [9.17, 15) is 23.1 Å². The summed E-state index contributed by atoms with van der Waals surface area (Å²) in [4.78, 5) is 10.5. The number of benzene rings is 1. The molecule has 7 heteroatoms. The zero-order chi connectivity index (χ0) is 13.2. The fraction of sp³-hybridized carbons (Fsp3) is 0.200. The molecule has 1 rings (SSSR count). The normalized spacial score (nSPS) is 12.9. The van der Waals surface area contributed by atoms with Crippen molar-refractivity contribution >= 4 is 5.97 Å². The lowest BCUT2D eigenvalue weighted by Crippen LogP contribution is -2.16. The summed E-state index contributed by atoms with van der Waals surface area (Å²) >= 11 is 0. The number of nitrogens with zero attached hydrogens (tertiary/aromatic N) is 1. The van der Waals surface area contributed by atoms with Gasteiger partial charge in [-0.05, 0) is 6.07 Å². The number of rotatable bonds is 2. The third-order valence-corrected chi connectivity index (χ3v) is 2.04. The fourth-order valence-corrected chi connectivity index (χ4v) is 1.29. The highest BCUT2D eigenvalue weighted by atomic mass is 19.4. The minimum atomic E-state index is -4.78. The van der Waals surface area contributed by atoms with E-state index >= 15 is 0 Å². The van der Waals surface area contributed by atoms with Crippen LogP contribution in [-0.4, -0.2) is 16.2 Å². The maximum atomic E-state index is 12.5. The van der Waals surface area contributed by atoms with Gasteiger partial charge in [-0.1, -0.05) is 12.1 Å². The molecule has 0 aromatic heterocycles. The van der Waals surface area contributed by atoms with Crippen molar-refractivity contribution in [2.75, 3.05) is 0 Å². The highest BCUT2D eigenvalue weighted by Crippen LogP contribution is 2.34. The molecule has 90 valence electrons. The van der Waals surface area contributed by atoms with Gasteiger partial charge in [-0.2, -0.15) is 18.4 Å². The predicted octanol–water partition coefficient (Wildman–Crippen LogP) is 1.70. The molecule has 0 aliphatic carbocycles. The van der Waals surface area contributed by atoms with Crippen LogP contribution in [0.1, 0.15) is 22.8 Å². The molecule has 1 aromatic rings. The summed E-state index contributed by atoms with van der Waals surface area (Å²) in [6.07, 6.45) is -6.94. The number of aliphatic carboxylic acids is 1. The number of carboxylic acids is 1. The smallest absolute Gasteiger partial charge is 0.417 e. The average Bonchev–Trinajstić information content (AvgIpc) is 2.25. The van der Waals surface area contributed by atoms with Gasteiger partial charge in [0.1, 0.15) is 6.07 Å². The zero-order valence-corrected chi connectivity index (χ0v) is 8.19. The van der Waals surface area contributed by atoms with E-state index in [1.54, 1.807) is 0 Å². The van der Waals surface area contributed by atoms with Gasteiger partial charge >= 0.3 is 12.1 Å². The van der Waals surface area contributed by atoms with E-state index in [4.69, 9.17) is 10.4 Å². The number of hydrogen-bond donors (Lipinski definition) is 2. The Morgan fingerprint density at radius 1 is 1.41 bits per heavy atom. The fourth-order valence-electron chi connectivity index (χ4n) is 1.29. The lowest BCUT2D eigenvalue weighted by atomic mass is 9.97. The van der Waals surface area contributed by atoms with Gasteiger partial charge in [-0.3, -0.25) is 0 Å². The Morgan fingerprint density at radius 2 is 2.00 bits per heavy atom. The molecule has 0 fully saturated rings. The van der Waals surface area contributed by atoms with Crippen molar-refractivity contribution < 1.29 is 28.2 Å². The highest BCUT2D eigenvalue weighted by molar-refractivity contribution is 5.75. The Hall–Kier alpha value is -2.07. The van der Waals surface area contributed by atoms with E-state index in [1.807, 2.05) is 0 Å². The number of hydrogen-bond acceptors (Lipinski definition) is 3. The maximum absolute atomic E-state index is 12.5. The molecule has 0 amide bonds. The molecule has 1 unspecified atom stereocenters. The van der Waals surface area contributed by atoms with Crippen molar-refractivity contribution in [1.29, 1.82) is 5.26 Å². The van der Waals surface area contributed by atoms with E-state index in [2.05, 4.69) is 0 Å². The highest BCUT2D eigenvalue weighted by Gasteiger charge is 2.35. The Bertz CT molecular complexity index is 491. The Labute approximate surface area is 93.5 Å². The van der Waals surface area contributed by atoms with Crippen molar-refractivity contribution in [3.63, 3.8) is 0 Å². The van der Waals surface area contributed by atoms with Crippen LogP contribution in [0.4, 0.5) is 13.2 Å². The molecule has 0 spiro atoms. The number of nitriles is 1. The second-order valence-corrected chi connectivity index (χ2v) is 3.12. The third kappa shape index (κ3) is 2.54. The van der Waals surface area contributed by atoms with Gasteiger partial charge in [-0.25, -0.2) is 4.79 Å². The third-order valence-electron chi connectivity index (χ3n) is 2.04. The van der Waals surface area contributed by atoms with Crippen molar-refractivity contribution in [2.24, 2.45) is 0 Å². The van der Waals surface area contributed by atoms with Gasteiger partial charge in [0.05, 0.1) is 11.1 Å². The molecular weight excluding hydrogens is 239 g/mol. The van der Waals surface area contributed by atoms with Crippen LogP contribution in [0.2, 0.25) is 0 Å². The Kier molecular flexibility index (Phi) is 3.39. The molecule has 17 heavy (non-hydrogen) atoms. The SMILES string of the molecule is N#Cc1c(C(O)C(=O)O)cccc1C(F)(F)F. The Morgan fingerprint density at radius 3 is 2.41 bits per heavy atom. The lowest BCUT2D eigenvalue weighted by Gasteiger charge is -2.13. The van der Waals surface area contributed by atoms with Crippen LogP contribution in [0.3, 0.4) is 0 Å². The molecule has 0 aliphatic heterocycles. The first kappa shape index (κ1) is 13.0. The topological polar surface area (TPSA) is 81.3 Å². The summed E-state index contributed by atoms with van der Waals surface area (Å²) in [6, 6.07) is 3.81. The largest absolute Gasteiger partial charge is 0.479 e. The van der Waals surface area contributed by atoms with Crippen molar-refractivity contribution in [3.8, 4) is 6.07 Å². The first-order valence-corrected chi connectivity index (χ1v) is 4.30. The van der Waals surface area contributed by atoms with Crippen molar-refractivity contribution in [3.05, 3.63) is 34.9 Å². The summed E-state index contributed by atoms with van der Waals surface area (Å²) in [5.74, 6) is -1.72. The molecule has 0 saturated carbocycles. The minimum absolute atomic E-state index is 0.574. The zero-order valence-electron chi connectivity index (χ0n) is 8.19. The molecule has 1 atom stereocenters. The van der Waals surface area contributed by atoms with Crippen molar-refractivity contribution in [1.82, 2.24) is 0 Å². The Balaban J connectivity index is 3.46. The van der Waals surface area contributed by atoms with Crippen LogP contribution >= 0.6 is 0 Å². The van der Waals surface area contributed by atoms with E-state index in [1.165, 1.54) is 6.07 Å². The summed E-state index contributed by atoms with van der Waals surface area (Å²) in [7, 11) is 0.